The molecule has 0 radical (unpaired) electrons. The molecule has 0 bridgehead atoms. The van der Waals surface area contributed by atoms with Gasteiger partial charge in [-0.1, -0.05) is 35.9 Å². The number of carbonyl (C=O) groups excluding carboxylic acids is 1. The lowest BCUT2D eigenvalue weighted by molar-refractivity contribution is -0.118. The van der Waals surface area contributed by atoms with E-state index in [9.17, 15) is 4.79 Å². The van der Waals surface area contributed by atoms with Crippen LogP contribution >= 0.6 is 39.3 Å². The van der Waals surface area contributed by atoms with Gasteiger partial charge in [0.25, 0.3) is 0 Å². The third-order valence-corrected chi connectivity index (χ3v) is 6.26. The third-order valence-electron chi connectivity index (χ3n) is 4.35. The summed E-state index contributed by atoms with van der Waals surface area (Å²) in [6.07, 6.45) is 1.69. The number of para-hydroxylation sites is 1. The summed E-state index contributed by atoms with van der Waals surface area (Å²) in [6, 6.07) is 17.8. The molecule has 7 heteroatoms. The van der Waals surface area contributed by atoms with Gasteiger partial charge in [-0.3, -0.25) is 4.79 Å². The molecule has 0 unspecified atom stereocenters. The largest absolute Gasteiger partial charge is 0.317 e. The Kier molecular flexibility index (Phi) is 7.58. The smallest absolute Gasteiger partial charge is 0.250 e. The van der Waals surface area contributed by atoms with Crippen LogP contribution < -0.4 is 5.43 Å². The van der Waals surface area contributed by atoms with Crippen molar-refractivity contribution < 1.29 is 4.79 Å². The summed E-state index contributed by atoms with van der Waals surface area (Å²) in [5.41, 5.74) is 7.89. The number of hydrogen-bond acceptors (Lipinski definition) is 3. The average molecular weight is 491 g/mol. The molecule has 0 atom stereocenters. The minimum Gasteiger partial charge on any atom is -0.317 e. The first-order chi connectivity index (χ1) is 14.0. The van der Waals surface area contributed by atoms with Crippen LogP contribution in [0.1, 0.15) is 22.5 Å². The van der Waals surface area contributed by atoms with E-state index in [0.29, 0.717) is 10.8 Å². The highest BCUT2D eigenvalue weighted by molar-refractivity contribution is 9.10. The molecule has 1 amide bonds. The number of halogens is 2. The maximum Gasteiger partial charge on any atom is 0.250 e. The van der Waals surface area contributed by atoms with Crippen molar-refractivity contribution in [3.8, 4) is 5.69 Å². The second-order valence-corrected chi connectivity index (χ2v) is 8.81. The van der Waals surface area contributed by atoms with Gasteiger partial charge in [0.05, 0.1) is 17.7 Å². The van der Waals surface area contributed by atoms with E-state index in [1.165, 1.54) is 11.8 Å². The van der Waals surface area contributed by atoms with Gasteiger partial charge in [0.1, 0.15) is 0 Å². The van der Waals surface area contributed by atoms with Crippen LogP contribution in [0.5, 0.6) is 0 Å². The van der Waals surface area contributed by atoms with Crippen LogP contribution in [0, 0.1) is 13.8 Å². The Balaban J connectivity index is 1.57. The second kappa shape index (κ2) is 10.1. The predicted molar refractivity (Wildman–Crippen MR) is 126 cm³/mol. The minimum absolute atomic E-state index is 0.132. The predicted octanol–water partition coefficient (Wildman–Crippen LogP) is 5.89. The minimum atomic E-state index is -0.132. The van der Waals surface area contributed by atoms with Crippen LogP contribution in [0.15, 0.2) is 64.2 Å². The number of carbonyl (C=O) groups is 1. The summed E-state index contributed by atoms with van der Waals surface area (Å²) in [4.78, 5) is 12.0. The number of aromatic nitrogens is 1. The molecular formula is C22H21BrClN3OS. The normalized spacial score (nSPS) is 11.2. The second-order valence-electron chi connectivity index (χ2n) is 6.53. The van der Waals surface area contributed by atoms with Crippen LogP contribution in [-0.2, 0) is 10.5 Å². The number of aryl methyl sites for hydroxylation is 1. The first-order valence-electron chi connectivity index (χ1n) is 9.03. The molecule has 0 aliphatic heterocycles. The summed E-state index contributed by atoms with van der Waals surface area (Å²) >= 11 is 11.1. The van der Waals surface area contributed by atoms with E-state index in [1.54, 1.807) is 6.21 Å². The standard InChI is InChI=1S/C22H21BrClN3OS/c1-15-10-18(16(2)27(15)21-9-4-3-8-20(21)23)12-25-26-22(28)14-29-13-17-6-5-7-19(24)11-17/h3-12H,13-14H2,1-2H3,(H,26,28)/b25-12-. The van der Waals surface area contributed by atoms with Crippen LogP contribution in [-0.4, -0.2) is 22.4 Å². The van der Waals surface area contributed by atoms with Gasteiger partial charge in [-0.2, -0.15) is 5.10 Å². The topological polar surface area (TPSA) is 46.4 Å². The fraction of sp³-hybridized carbons (Fsp3) is 0.182. The number of nitrogens with one attached hydrogen (secondary N) is 1. The Hall–Kier alpha value is -2.02. The molecule has 0 saturated heterocycles. The summed E-state index contributed by atoms with van der Waals surface area (Å²) in [5, 5.41) is 4.83. The van der Waals surface area contributed by atoms with E-state index in [4.69, 9.17) is 11.6 Å². The van der Waals surface area contributed by atoms with Crippen molar-refractivity contribution in [1.82, 2.24) is 9.99 Å². The highest BCUT2D eigenvalue weighted by atomic mass is 79.9. The molecule has 1 heterocycles. The number of benzene rings is 2. The van der Waals surface area contributed by atoms with Crippen molar-refractivity contribution in [2.45, 2.75) is 19.6 Å². The Morgan fingerprint density at radius 2 is 2.00 bits per heavy atom. The molecule has 0 spiro atoms. The van der Waals surface area contributed by atoms with E-state index in [-0.39, 0.29) is 5.91 Å². The summed E-state index contributed by atoms with van der Waals surface area (Å²) in [6.45, 7) is 4.09. The molecule has 0 aliphatic rings. The molecular weight excluding hydrogens is 470 g/mol. The van der Waals surface area contributed by atoms with Crippen molar-refractivity contribution >= 4 is 51.4 Å². The van der Waals surface area contributed by atoms with Gasteiger partial charge in [0.15, 0.2) is 0 Å². The average Bonchev–Trinajstić information content (AvgIpc) is 2.96. The van der Waals surface area contributed by atoms with Crippen LogP contribution in [0.25, 0.3) is 5.69 Å². The highest BCUT2D eigenvalue weighted by Crippen LogP contribution is 2.26. The number of thioether (sulfide) groups is 1. The van der Waals surface area contributed by atoms with Crippen molar-refractivity contribution in [3.05, 3.63) is 86.6 Å². The van der Waals surface area contributed by atoms with Crippen molar-refractivity contribution in [2.75, 3.05) is 5.75 Å². The molecule has 0 aliphatic carbocycles. The van der Waals surface area contributed by atoms with Gasteiger partial charge >= 0.3 is 0 Å². The summed E-state index contributed by atoms with van der Waals surface area (Å²) in [7, 11) is 0. The SMILES string of the molecule is Cc1cc(/C=N\NC(=O)CSCc2cccc(Cl)c2)c(C)n1-c1ccccc1Br. The van der Waals surface area contributed by atoms with E-state index < -0.39 is 0 Å². The first kappa shape index (κ1) is 21.7. The van der Waals surface area contributed by atoms with Crippen molar-refractivity contribution in [3.63, 3.8) is 0 Å². The maximum atomic E-state index is 12.0. The monoisotopic (exact) mass is 489 g/mol. The third kappa shape index (κ3) is 5.75. The Morgan fingerprint density at radius 3 is 2.76 bits per heavy atom. The number of hydrazone groups is 1. The van der Waals surface area contributed by atoms with Gasteiger partial charge in [-0.15, -0.1) is 11.8 Å². The number of nitrogens with zero attached hydrogens (tertiary/aromatic N) is 2. The number of hydrogen-bond donors (Lipinski definition) is 1. The Morgan fingerprint density at radius 1 is 1.21 bits per heavy atom. The Labute approximate surface area is 188 Å². The molecule has 0 fully saturated rings. The zero-order chi connectivity index (χ0) is 20.8. The molecule has 3 aromatic rings. The molecule has 2 aromatic carbocycles. The van der Waals surface area contributed by atoms with Gasteiger partial charge in [0.2, 0.25) is 5.91 Å². The maximum absolute atomic E-state index is 12.0. The van der Waals surface area contributed by atoms with Crippen molar-refractivity contribution in [2.24, 2.45) is 5.10 Å². The van der Waals surface area contributed by atoms with Gasteiger partial charge in [0, 0.05) is 32.2 Å². The van der Waals surface area contributed by atoms with Crippen LogP contribution in [0.3, 0.4) is 0 Å². The lowest BCUT2D eigenvalue weighted by Crippen LogP contribution is -2.19. The zero-order valence-electron chi connectivity index (χ0n) is 16.2. The number of amides is 1. The van der Waals surface area contributed by atoms with E-state index in [2.05, 4.69) is 50.1 Å². The molecule has 1 N–H and O–H groups in total. The summed E-state index contributed by atoms with van der Waals surface area (Å²) in [5.74, 6) is 0.929. The molecule has 29 heavy (non-hydrogen) atoms. The van der Waals surface area contributed by atoms with Crippen molar-refractivity contribution in [1.29, 1.82) is 0 Å². The molecule has 1 aromatic heterocycles. The van der Waals surface area contributed by atoms with Gasteiger partial charge < -0.3 is 4.57 Å². The number of rotatable bonds is 7. The first-order valence-corrected chi connectivity index (χ1v) is 11.4. The van der Waals surface area contributed by atoms with E-state index >= 15 is 0 Å². The van der Waals surface area contributed by atoms with Crippen LogP contribution in [0.2, 0.25) is 5.02 Å². The highest BCUT2D eigenvalue weighted by Gasteiger charge is 2.11. The van der Waals surface area contributed by atoms with Gasteiger partial charge in [-0.05, 0) is 65.7 Å². The van der Waals surface area contributed by atoms with Crippen LogP contribution in [0.4, 0.5) is 0 Å². The van der Waals surface area contributed by atoms with Gasteiger partial charge in [-0.25, -0.2) is 5.43 Å². The molecule has 150 valence electrons. The molecule has 3 rings (SSSR count). The van der Waals surface area contributed by atoms with E-state index in [0.717, 1.165) is 38.4 Å². The molecule has 4 nitrogen and oxygen atoms in total. The van der Waals surface area contributed by atoms with E-state index in [1.807, 2.05) is 49.4 Å². The fourth-order valence-corrected chi connectivity index (χ4v) is 4.46. The molecule has 0 saturated carbocycles. The summed E-state index contributed by atoms with van der Waals surface area (Å²) < 4.78 is 3.18. The Bertz CT molecular complexity index is 1050. The fourth-order valence-electron chi connectivity index (χ4n) is 3.02. The quantitative estimate of drug-likeness (QED) is 0.331. The lowest BCUT2D eigenvalue weighted by Gasteiger charge is -2.11. The lowest BCUT2D eigenvalue weighted by atomic mass is 10.2. The zero-order valence-corrected chi connectivity index (χ0v) is 19.3.